The van der Waals surface area contributed by atoms with Crippen molar-refractivity contribution in [2.75, 3.05) is 0 Å². The van der Waals surface area contributed by atoms with Crippen LogP contribution in [-0.4, -0.2) is 16.9 Å². The number of carbonyl (C=O) groups is 2. The first-order chi connectivity index (χ1) is 12.8. The largest absolute Gasteiger partial charge is 0.487 e. The highest BCUT2D eigenvalue weighted by Gasteiger charge is 2.25. The van der Waals surface area contributed by atoms with Gasteiger partial charge in [-0.15, -0.1) is 0 Å². The average Bonchev–Trinajstić information content (AvgIpc) is 2.57. The van der Waals surface area contributed by atoms with Crippen LogP contribution in [-0.2, 0) is 16.2 Å². The molecule has 0 spiro atoms. The van der Waals surface area contributed by atoms with Gasteiger partial charge in [0.25, 0.3) is 11.8 Å². The number of halogens is 3. The third-order valence-corrected chi connectivity index (χ3v) is 5.16. The minimum atomic E-state index is -0.544. The van der Waals surface area contributed by atoms with Crippen LogP contribution in [0.3, 0.4) is 0 Å². The Kier molecular flexibility index (Phi) is 6.31. The van der Waals surface area contributed by atoms with E-state index in [1.54, 1.807) is 18.2 Å². The molecule has 0 saturated carbocycles. The summed E-state index contributed by atoms with van der Waals surface area (Å²) in [6, 6.07) is 10.9. The van der Waals surface area contributed by atoms with E-state index in [0.29, 0.717) is 31.9 Å². The fourth-order valence-corrected chi connectivity index (χ4v) is 4.21. The van der Waals surface area contributed by atoms with E-state index in [1.807, 2.05) is 18.2 Å². The molecular formula is C18H11Br2ClN2O3S. The van der Waals surface area contributed by atoms with Crippen molar-refractivity contribution in [3.05, 3.63) is 67.1 Å². The first-order valence-corrected chi connectivity index (χ1v) is 9.95. The number of carbonyl (C=O) groups excluding carboxylic acids is 2. The van der Waals surface area contributed by atoms with E-state index in [-0.39, 0.29) is 10.7 Å². The van der Waals surface area contributed by atoms with Gasteiger partial charge >= 0.3 is 0 Å². The fourth-order valence-electron chi connectivity index (χ4n) is 2.36. The molecule has 138 valence electrons. The molecule has 9 heteroatoms. The average molecular weight is 531 g/mol. The minimum absolute atomic E-state index is 0.00530. The Morgan fingerprint density at radius 2 is 1.70 bits per heavy atom. The van der Waals surface area contributed by atoms with Gasteiger partial charge in [-0.05, 0) is 85.5 Å². The van der Waals surface area contributed by atoms with Gasteiger partial charge in [0, 0.05) is 5.02 Å². The summed E-state index contributed by atoms with van der Waals surface area (Å²) in [5, 5.41) is 5.43. The van der Waals surface area contributed by atoms with E-state index in [2.05, 4.69) is 42.5 Å². The summed E-state index contributed by atoms with van der Waals surface area (Å²) in [5.74, 6) is -0.495. The van der Waals surface area contributed by atoms with Gasteiger partial charge in [0.15, 0.2) is 5.11 Å². The van der Waals surface area contributed by atoms with E-state index < -0.39 is 11.8 Å². The predicted molar refractivity (Wildman–Crippen MR) is 114 cm³/mol. The number of rotatable bonds is 4. The Bertz CT molecular complexity index is 949. The van der Waals surface area contributed by atoms with E-state index in [1.165, 1.54) is 6.08 Å². The van der Waals surface area contributed by atoms with E-state index in [9.17, 15) is 9.59 Å². The summed E-state index contributed by atoms with van der Waals surface area (Å²) in [4.78, 5) is 23.9. The van der Waals surface area contributed by atoms with Gasteiger partial charge in [-0.25, -0.2) is 0 Å². The molecule has 2 N–H and O–H groups in total. The molecule has 1 fully saturated rings. The van der Waals surface area contributed by atoms with Crippen LogP contribution in [0.25, 0.3) is 6.08 Å². The van der Waals surface area contributed by atoms with E-state index >= 15 is 0 Å². The van der Waals surface area contributed by atoms with E-state index in [0.717, 1.165) is 5.56 Å². The zero-order chi connectivity index (χ0) is 19.6. The van der Waals surface area contributed by atoms with Gasteiger partial charge in [0.05, 0.1) is 8.95 Å². The summed E-state index contributed by atoms with van der Waals surface area (Å²) in [7, 11) is 0. The van der Waals surface area contributed by atoms with Crippen molar-refractivity contribution in [1.82, 2.24) is 10.6 Å². The molecule has 1 aliphatic heterocycles. The lowest BCUT2D eigenvalue weighted by Crippen LogP contribution is -2.51. The molecule has 0 radical (unpaired) electrons. The summed E-state index contributed by atoms with van der Waals surface area (Å²) in [5.41, 5.74) is 1.53. The highest BCUT2D eigenvalue weighted by molar-refractivity contribution is 9.11. The van der Waals surface area contributed by atoms with Crippen LogP contribution in [0.4, 0.5) is 0 Å². The number of ether oxygens (including phenoxy) is 1. The predicted octanol–water partition coefficient (Wildman–Crippen LogP) is 4.36. The van der Waals surface area contributed by atoms with Gasteiger partial charge in [-0.2, -0.15) is 0 Å². The zero-order valence-electron chi connectivity index (χ0n) is 13.5. The number of hydrogen-bond donors (Lipinski definition) is 2. The van der Waals surface area contributed by atoms with Gasteiger partial charge in [0.2, 0.25) is 0 Å². The molecule has 5 nitrogen and oxygen atoms in total. The number of benzene rings is 2. The summed E-state index contributed by atoms with van der Waals surface area (Å²) in [6.45, 7) is 0.334. The molecular weight excluding hydrogens is 520 g/mol. The fraction of sp³-hybridized carbons (Fsp3) is 0.0556. The quantitative estimate of drug-likeness (QED) is 0.350. The monoisotopic (exact) mass is 528 g/mol. The molecule has 0 aliphatic carbocycles. The van der Waals surface area contributed by atoms with Crippen molar-refractivity contribution in [2.45, 2.75) is 6.61 Å². The van der Waals surface area contributed by atoms with Crippen LogP contribution >= 0.6 is 55.7 Å². The number of nitrogens with one attached hydrogen (secondary N) is 2. The minimum Gasteiger partial charge on any atom is -0.487 e. The molecule has 2 aromatic carbocycles. The molecule has 0 atom stereocenters. The van der Waals surface area contributed by atoms with Crippen molar-refractivity contribution < 1.29 is 14.3 Å². The topological polar surface area (TPSA) is 67.4 Å². The SMILES string of the molecule is O=C1NC(=S)NC(=O)C1=Cc1cc(Br)c(OCc2cccc(Cl)c2)c(Br)c1. The molecule has 1 heterocycles. The number of thiocarbonyl (C=S) groups is 1. The molecule has 1 saturated heterocycles. The van der Waals surface area contributed by atoms with Crippen LogP contribution < -0.4 is 15.4 Å². The van der Waals surface area contributed by atoms with Crippen molar-refractivity contribution >= 4 is 78.7 Å². The Labute approximate surface area is 182 Å². The van der Waals surface area contributed by atoms with Crippen LogP contribution in [0.5, 0.6) is 5.75 Å². The number of amides is 2. The molecule has 0 unspecified atom stereocenters. The van der Waals surface area contributed by atoms with Crippen LogP contribution in [0.2, 0.25) is 5.02 Å². The summed E-state index contributed by atoms with van der Waals surface area (Å²) in [6.07, 6.45) is 1.47. The smallest absolute Gasteiger partial charge is 0.263 e. The normalized spacial score (nSPS) is 13.9. The van der Waals surface area contributed by atoms with Crippen molar-refractivity contribution in [1.29, 1.82) is 0 Å². The van der Waals surface area contributed by atoms with Gasteiger partial charge in [-0.3, -0.25) is 20.2 Å². The lowest BCUT2D eigenvalue weighted by Gasteiger charge is -2.16. The molecule has 2 amide bonds. The Balaban J connectivity index is 1.82. The highest BCUT2D eigenvalue weighted by Crippen LogP contribution is 2.36. The molecule has 0 aromatic heterocycles. The number of hydrogen-bond acceptors (Lipinski definition) is 4. The zero-order valence-corrected chi connectivity index (χ0v) is 18.3. The van der Waals surface area contributed by atoms with E-state index in [4.69, 9.17) is 28.6 Å². The summed E-state index contributed by atoms with van der Waals surface area (Å²) < 4.78 is 7.19. The highest BCUT2D eigenvalue weighted by atomic mass is 79.9. The third kappa shape index (κ3) is 4.95. The first-order valence-electron chi connectivity index (χ1n) is 7.58. The van der Waals surface area contributed by atoms with Gasteiger partial charge < -0.3 is 4.74 Å². The van der Waals surface area contributed by atoms with Crippen LogP contribution in [0.15, 0.2) is 50.9 Å². The standard InChI is InChI=1S/C18H11Br2ClN2O3S/c19-13-6-10(5-12-16(24)22-18(27)23-17(12)25)7-14(20)15(13)26-8-9-2-1-3-11(21)4-9/h1-7H,8H2,(H2,22,23,24,25,27). The van der Waals surface area contributed by atoms with Crippen molar-refractivity contribution in [3.8, 4) is 5.75 Å². The van der Waals surface area contributed by atoms with Gasteiger partial charge in [0.1, 0.15) is 17.9 Å². The molecule has 1 aliphatic rings. The van der Waals surface area contributed by atoms with Crippen molar-refractivity contribution in [2.24, 2.45) is 0 Å². The van der Waals surface area contributed by atoms with Crippen LogP contribution in [0, 0.1) is 0 Å². The second kappa shape index (κ2) is 8.52. The van der Waals surface area contributed by atoms with Crippen molar-refractivity contribution in [3.63, 3.8) is 0 Å². The molecule has 0 bridgehead atoms. The maximum Gasteiger partial charge on any atom is 0.263 e. The molecule has 27 heavy (non-hydrogen) atoms. The maximum absolute atomic E-state index is 12.0. The molecule has 3 rings (SSSR count). The lowest BCUT2D eigenvalue weighted by atomic mass is 10.1. The molecule has 2 aromatic rings. The summed E-state index contributed by atoms with van der Waals surface area (Å²) >= 11 is 17.7. The van der Waals surface area contributed by atoms with Gasteiger partial charge in [-0.1, -0.05) is 23.7 Å². The Hall–Kier alpha value is -1.74. The lowest BCUT2D eigenvalue weighted by molar-refractivity contribution is -0.123. The Morgan fingerprint density at radius 3 is 2.30 bits per heavy atom. The first kappa shape index (κ1) is 20.0. The second-order valence-electron chi connectivity index (χ2n) is 5.53. The van der Waals surface area contributed by atoms with Crippen LogP contribution in [0.1, 0.15) is 11.1 Å². The maximum atomic E-state index is 12.0. The Morgan fingerprint density at radius 1 is 1.07 bits per heavy atom. The second-order valence-corrected chi connectivity index (χ2v) is 8.08. The third-order valence-electron chi connectivity index (χ3n) is 3.55.